The van der Waals surface area contributed by atoms with Gasteiger partial charge >= 0.3 is 0 Å². The van der Waals surface area contributed by atoms with Crippen LogP contribution in [0.15, 0.2) is 35.5 Å². The first-order valence-electron chi connectivity index (χ1n) is 6.10. The first-order chi connectivity index (χ1) is 8.53. The van der Waals surface area contributed by atoms with Gasteiger partial charge in [0.1, 0.15) is 12.8 Å². The summed E-state index contributed by atoms with van der Waals surface area (Å²) in [7, 11) is 4.30. The summed E-state index contributed by atoms with van der Waals surface area (Å²) in [5, 5.41) is 11.0. The van der Waals surface area contributed by atoms with Crippen molar-refractivity contribution in [3.8, 4) is 0 Å². The van der Waals surface area contributed by atoms with Crippen molar-refractivity contribution in [3.05, 3.63) is 35.9 Å². The smallest absolute Gasteiger partial charge is 0.177 e. The van der Waals surface area contributed by atoms with E-state index in [9.17, 15) is 4.79 Å². The van der Waals surface area contributed by atoms with E-state index in [0.29, 0.717) is 6.42 Å². The molecule has 0 spiro atoms. The third kappa shape index (κ3) is 5.59. The molecule has 0 radical (unpaired) electrons. The minimum atomic E-state index is -0.128. The number of ketones is 1. The number of oxime groups is 1. The zero-order valence-electron chi connectivity index (χ0n) is 11.0. The van der Waals surface area contributed by atoms with Gasteiger partial charge in [-0.15, -0.1) is 0 Å². The highest BCUT2D eigenvalue weighted by molar-refractivity contribution is 6.27. The fourth-order valence-electron chi connectivity index (χ4n) is 1.97. The van der Waals surface area contributed by atoms with E-state index in [4.69, 9.17) is 5.21 Å². The van der Waals surface area contributed by atoms with Crippen LogP contribution in [0.4, 0.5) is 0 Å². The molecule has 0 aliphatic heterocycles. The summed E-state index contributed by atoms with van der Waals surface area (Å²) < 4.78 is 0.841. The van der Waals surface area contributed by atoms with Gasteiger partial charge in [0.15, 0.2) is 5.78 Å². The van der Waals surface area contributed by atoms with Gasteiger partial charge in [0, 0.05) is 18.4 Å². The monoisotopic (exact) mass is 249 g/mol. The normalized spacial score (nSPS) is 11.9. The SMILES string of the molecule is C[N+](C)(CCCC(=O)/C=N\O)Cc1ccccc1. The lowest BCUT2D eigenvalue weighted by Crippen LogP contribution is -2.39. The molecule has 1 N–H and O–H groups in total. The van der Waals surface area contributed by atoms with E-state index < -0.39 is 0 Å². The molecule has 0 unspecified atom stereocenters. The summed E-state index contributed by atoms with van der Waals surface area (Å²) >= 11 is 0. The van der Waals surface area contributed by atoms with Gasteiger partial charge in [-0.25, -0.2) is 0 Å². The summed E-state index contributed by atoms with van der Waals surface area (Å²) in [4.78, 5) is 11.2. The molecule has 0 saturated heterocycles. The average molecular weight is 249 g/mol. The van der Waals surface area contributed by atoms with Crippen molar-refractivity contribution in [2.45, 2.75) is 19.4 Å². The zero-order chi connectivity index (χ0) is 13.4. The van der Waals surface area contributed by atoms with Crippen LogP contribution in [0, 0.1) is 0 Å². The van der Waals surface area contributed by atoms with Crippen LogP contribution in [-0.4, -0.2) is 42.3 Å². The third-order valence-corrected chi connectivity index (χ3v) is 2.84. The second kappa shape index (κ2) is 6.91. The predicted molar refractivity (Wildman–Crippen MR) is 71.6 cm³/mol. The minimum Gasteiger partial charge on any atom is -0.411 e. The summed E-state index contributed by atoms with van der Waals surface area (Å²) in [5.41, 5.74) is 1.30. The molecular formula is C14H21N2O2+. The van der Waals surface area contributed by atoms with Crippen LogP contribution in [0.2, 0.25) is 0 Å². The highest BCUT2D eigenvalue weighted by atomic mass is 16.4. The van der Waals surface area contributed by atoms with Crippen LogP contribution in [0.25, 0.3) is 0 Å². The van der Waals surface area contributed by atoms with Gasteiger partial charge in [-0.3, -0.25) is 4.79 Å². The van der Waals surface area contributed by atoms with Crippen molar-refractivity contribution < 1.29 is 14.5 Å². The molecule has 0 aromatic heterocycles. The van der Waals surface area contributed by atoms with Gasteiger partial charge in [0.2, 0.25) is 0 Å². The number of carbonyl (C=O) groups is 1. The lowest BCUT2D eigenvalue weighted by molar-refractivity contribution is -0.903. The molecule has 0 aliphatic carbocycles. The molecule has 1 aromatic carbocycles. The molecule has 0 atom stereocenters. The topological polar surface area (TPSA) is 49.7 Å². The Morgan fingerprint density at radius 2 is 2.00 bits per heavy atom. The molecule has 4 heteroatoms. The Kier molecular flexibility index (Phi) is 5.52. The van der Waals surface area contributed by atoms with Gasteiger partial charge in [-0.05, 0) is 0 Å². The largest absolute Gasteiger partial charge is 0.411 e. The Morgan fingerprint density at radius 3 is 2.61 bits per heavy atom. The van der Waals surface area contributed by atoms with Gasteiger partial charge in [-0.1, -0.05) is 35.5 Å². The molecule has 1 rings (SSSR count). The van der Waals surface area contributed by atoms with Gasteiger partial charge in [0.25, 0.3) is 0 Å². The lowest BCUT2D eigenvalue weighted by atomic mass is 10.1. The van der Waals surface area contributed by atoms with Gasteiger partial charge in [0.05, 0.1) is 20.6 Å². The second-order valence-corrected chi connectivity index (χ2v) is 5.12. The van der Waals surface area contributed by atoms with E-state index in [0.717, 1.165) is 30.2 Å². The van der Waals surface area contributed by atoms with E-state index >= 15 is 0 Å². The molecule has 1 aromatic rings. The van der Waals surface area contributed by atoms with Crippen molar-refractivity contribution >= 4 is 12.0 Å². The van der Waals surface area contributed by atoms with E-state index in [-0.39, 0.29) is 5.78 Å². The maximum atomic E-state index is 11.2. The minimum absolute atomic E-state index is 0.128. The third-order valence-electron chi connectivity index (χ3n) is 2.84. The molecule has 98 valence electrons. The summed E-state index contributed by atoms with van der Waals surface area (Å²) in [5.74, 6) is -0.128. The first-order valence-corrected chi connectivity index (χ1v) is 6.10. The van der Waals surface area contributed by atoms with Crippen LogP contribution in [0.3, 0.4) is 0 Å². The molecule has 18 heavy (non-hydrogen) atoms. The van der Waals surface area contributed by atoms with E-state index in [1.807, 2.05) is 18.2 Å². The molecular weight excluding hydrogens is 228 g/mol. The maximum Gasteiger partial charge on any atom is 0.177 e. The number of quaternary nitrogens is 1. The molecule has 4 nitrogen and oxygen atoms in total. The van der Waals surface area contributed by atoms with Crippen LogP contribution < -0.4 is 0 Å². The number of hydrogen-bond donors (Lipinski definition) is 1. The maximum absolute atomic E-state index is 11.2. The Balaban J connectivity index is 2.38. The number of nitrogens with zero attached hydrogens (tertiary/aromatic N) is 2. The molecule has 0 saturated carbocycles. The van der Waals surface area contributed by atoms with Crippen molar-refractivity contribution in [1.29, 1.82) is 0 Å². The van der Waals surface area contributed by atoms with Crippen molar-refractivity contribution in [3.63, 3.8) is 0 Å². The molecule has 0 aliphatic rings. The summed E-state index contributed by atoms with van der Waals surface area (Å²) in [6.45, 7) is 1.86. The van der Waals surface area contributed by atoms with Crippen molar-refractivity contribution in [2.24, 2.45) is 5.16 Å². The molecule has 0 fully saturated rings. The van der Waals surface area contributed by atoms with Gasteiger partial charge in [-0.2, -0.15) is 0 Å². The number of hydrogen-bond acceptors (Lipinski definition) is 3. The van der Waals surface area contributed by atoms with E-state index in [1.165, 1.54) is 5.56 Å². The second-order valence-electron chi connectivity index (χ2n) is 5.12. The fraction of sp³-hybridized carbons (Fsp3) is 0.429. The van der Waals surface area contributed by atoms with Crippen LogP contribution in [0.5, 0.6) is 0 Å². The van der Waals surface area contributed by atoms with Crippen LogP contribution >= 0.6 is 0 Å². The predicted octanol–water partition coefficient (Wildman–Crippen LogP) is 2.07. The Bertz CT molecular complexity index is 400. The zero-order valence-corrected chi connectivity index (χ0v) is 11.0. The number of carbonyl (C=O) groups excluding carboxylic acids is 1. The lowest BCUT2D eigenvalue weighted by Gasteiger charge is -2.29. The quantitative estimate of drug-likeness (QED) is 0.348. The Labute approximate surface area is 108 Å². The van der Waals surface area contributed by atoms with E-state index in [2.05, 4.69) is 31.4 Å². The average Bonchev–Trinajstić information content (AvgIpc) is 2.29. The first kappa shape index (κ1) is 14.4. The van der Waals surface area contributed by atoms with Crippen molar-refractivity contribution in [1.82, 2.24) is 0 Å². The molecule has 0 heterocycles. The summed E-state index contributed by atoms with van der Waals surface area (Å²) in [6, 6.07) is 10.3. The molecule has 0 amide bonds. The van der Waals surface area contributed by atoms with Crippen molar-refractivity contribution in [2.75, 3.05) is 20.6 Å². The fourth-order valence-corrected chi connectivity index (χ4v) is 1.97. The van der Waals surface area contributed by atoms with Crippen LogP contribution in [-0.2, 0) is 11.3 Å². The van der Waals surface area contributed by atoms with E-state index in [1.54, 1.807) is 0 Å². The number of Topliss-reactive ketones (excluding diaryl/α,β-unsaturated/α-hetero) is 1. The highest BCUT2D eigenvalue weighted by Crippen LogP contribution is 2.10. The number of benzene rings is 1. The Hall–Kier alpha value is -1.68. The standard InChI is InChI=1S/C14H20N2O2/c1-16(2,10-6-9-14(17)11-15-18)12-13-7-4-3-5-8-13/h3-5,7-8,11H,6,9-10,12H2,1-2H3/p+1. The van der Waals surface area contributed by atoms with Crippen LogP contribution in [0.1, 0.15) is 18.4 Å². The summed E-state index contributed by atoms with van der Waals surface area (Å²) in [6.07, 6.45) is 2.20. The Morgan fingerprint density at radius 1 is 1.33 bits per heavy atom. The highest BCUT2D eigenvalue weighted by Gasteiger charge is 2.15. The van der Waals surface area contributed by atoms with Gasteiger partial charge < -0.3 is 9.69 Å². The number of rotatable bonds is 7. The molecule has 0 bridgehead atoms.